The van der Waals surface area contributed by atoms with E-state index in [2.05, 4.69) is 15.3 Å². The molecule has 1 N–H and O–H groups in total. The number of benzene rings is 1. The van der Waals surface area contributed by atoms with Gasteiger partial charge in [-0.25, -0.2) is 9.78 Å². The smallest absolute Gasteiger partial charge is 0.339 e. The van der Waals surface area contributed by atoms with Crippen LogP contribution in [-0.2, 0) is 9.53 Å². The molecule has 0 aliphatic rings. The largest absolute Gasteiger partial charge is 0.449 e. The summed E-state index contributed by atoms with van der Waals surface area (Å²) in [7, 11) is 0. The van der Waals surface area contributed by atoms with Gasteiger partial charge >= 0.3 is 5.97 Å². The molecule has 0 aliphatic carbocycles. The number of anilines is 1. The summed E-state index contributed by atoms with van der Waals surface area (Å²) in [5, 5.41) is 5.67. The molecule has 1 aromatic carbocycles. The van der Waals surface area contributed by atoms with Crippen LogP contribution in [0.25, 0.3) is 11.3 Å². The average molecular weight is 422 g/mol. The van der Waals surface area contributed by atoms with E-state index in [1.165, 1.54) is 42.8 Å². The van der Waals surface area contributed by atoms with Crippen LogP contribution in [0.1, 0.15) is 17.3 Å². The van der Waals surface area contributed by atoms with Crippen molar-refractivity contribution in [3.05, 3.63) is 63.7 Å². The molecule has 9 heteroatoms. The molecule has 138 valence electrons. The number of amides is 1. The summed E-state index contributed by atoms with van der Waals surface area (Å²) in [6, 6.07) is 8.18. The molecule has 3 aromatic rings. The zero-order chi connectivity index (χ0) is 19.4. The second-order valence-corrected chi connectivity index (χ2v) is 7.11. The fourth-order valence-corrected chi connectivity index (χ4v) is 3.12. The molecular weight excluding hydrogens is 409 g/mol. The van der Waals surface area contributed by atoms with E-state index in [0.717, 1.165) is 5.56 Å². The lowest BCUT2D eigenvalue weighted by Gasteiger charge is -2.12. The number of carbonyl (C=O) groups excluding carboxylic acids is 2. The van der Waals surface area contributed by atoms with Crippen molar-refractivity contribution in [2.45, 2.75) is 13.0 Å². The SMILES string of the molecule is C[C@H](OC(=O)c1ccncc1)C(=O)Nc1nc(-c2ccc(Cl)c(Cl)c2)cs1. The Morgan fingerprint density at radius 3 is 2.59 bits per heavy atom. The summed E-state index contributed by atoms with van der Waals surface area (Å²) in [4.78, 5) is 32.4. The van der Waals surface area contributed by atoms with Gasteiger partial charge in [0.25, 0.3) is 5.91 Å². The van der Waals surface area contributed by atoms with Crippen molar-refractivity contribution >= 4 is 51.5 Å². The molecule has 27 heavy (non-hydrogen) atoms. The zero-order valence-electron chi connectivity index (χ0n) is 14.0. The van der Waals surface area contributed by atoms with Gasteiger partial charge in [-0.1, -0.05) is 29.3 Å². The third-order valence-corrected chi connectivity index (χ3v) is 5.02. The Morgan fingerprint density at radius 2 is 1.89 bits per heavy atom. The summed E-state index contributed by atoms with van der Waals surface area (Å²) < 4.78 is 5.16. The van der Waals surface area contributed by atoms with E-state index in [9.17, 15) is 9.59 Å². The highest BCUT2D eigenvalue weighted by Gasteiger charge is 2.20. The first kappa shape index (κ1) is 19.3. The number of halogens is 2. The quantitative estimate of drug-likeness (QED) is 0.603. The minimum Gasteiger partial charge on any atom is -0.449 e. The Hall–Kier alpha value is -2.48. The predicted octanol–water partition coefficient (Wildman–Crippen LogP) is 4.70. The minimum atomic E-state index is -0.983. The topological polar surface area (TPSA) is 81.2 Å². The number of hydrogen-bond donors (Lipinski definition) is 1. The molecule has 2 heterocycles. The zero-order valence-corrected chi connectivity index (χ0v) is 16.3. The van der Waals surface area contributed by atoms with Crippen molar-refractivity contribution in [2.75, 3.05) is 5.32 Å². The monoisotopic (exact) mass is 421 g/mol. The van der Waals surface area contributed by atoms with Crippen molar-refractivity contribution in [1.82, 2.24) is 9.97 Å². The summed E-state index contributed by atoms with van der Waals surface area (Å²) in [5.41, 5.74) is 1.74. The fourth-order valence-electron chi connectivity index (χ4n) is 2.10. The number of nitrogens with one attached hydrogen (secondary N) is 1. The Kier molecular flexibility index (Phi) is 6.05. The predicted molar refractivity (Wildman–Crippen MR) is 105 cm³/mol. The van der Waals surface area contributed by atoms with Crippen LogP contribution < -0.4 is 5.32 Å². The van der Waals surface area contributed by atoms with Crippen molar-refractivity contribution in [3.8, 4) is 11.3 Å². The van der Waals surface area contributed by atoms with Gasteiger partial charge in [0.05, 0.1) is 21.3 Å². The van der Waals surface area contributed by atoms with Gasteiger partial charge in [0, 0.05) is 23.3 Å². The molecular formula is C18H13Cl2N3O3S. The van der Waals surface area contributed by atoms with E-state index in [4.69, 9.17) is 27.9 Å². The maximum Gasteiger partial charge on any atom is 0.339 e. The highest BCUT2D eigenvalue weighted by Crippen LogP contribution is 2.30. The number of hydrogen-bond acceptors (Lipinski definition) is 6. The normalized spacial score (nSPS) is 11.7. The third kappa shape index (κ3) is 4.82. The van der Waals surface area contributed by atoms with Crippen molar-refractivity contribution in [3.63, 3.8) is 0 Å². The van der Waals surface area contributed by atoms with Crippen LogP contribution in [0.15, 0.2) is 48.1 Å². The lowest BCUT2D eigenvalue weighted by atomic mass is 10.2. The maximum absolute atomic E-state index is 12.3. The molecule has 0 spiro atoms. The molecule has 0 aliphatic heterocycles. The Morgan fingerprint density at radius 1 is 1.15 bits per heavy atom. The maximum atomic E-state index is 12.3. The van der Waals surface area contributed by atoms with Crippen LogP contribution in [-0.4, -0.2) is 27.9 Å². The van der Waals surface area contributed by atoms with Crippen molar-refractivity contribution in [1.29, 1.82) is 0 Å². The summed E-state index contributed by atoms with van der Waals surface area (Å²) >= 11 is 13.2. The van der Waals surface area contributed by atoms with Gasteiger partial charge in [-0.15, -0.1) is 11.3 Å². The molecule has 0 saturated heterocycles. The second kappa shape index (κ2) is 8.47. The third-order valence-electron chi connectivity index (χ3n) is 3.52. The first-order chi connectivity index (χ1) is 12.9. The Balaban J connectivity index is 1.63. The second-order valence-electron chi connectivity index (χ2n) is 5.44. The number of thiazole rings is 1. The number of aromatic nitrogens is 2. The first-order valence-electron chi connectivity index (χ1n) is 7.77. The molecule has 0 radical (unpaired) electrons. The molecule has 1 amide bonds. The molecule has 0 fully saturated rings. The van der Waals surface area contributed by atoms with Gasteiger partial charge < -0.3 is 4.74 Å². The molecule has 3 rings (SSSR count). The molecule has 0 saturated carbocycles. The summed E-state index contributed by atoms with van der Waals surface area (Å²) in [6.45, 7) is 1.49. The standard InChI is InChI=1S/C18H13Cl2N3O3S/c1-10(26-17(25)11-4-6-21-7-5-11)16(24)23-18-22-15(9-27-18)12-2-3-13(19)14(20)8-12/h2-10H,1H3,(H,22,23,24)/t10-/m0/s1. The van der Waals surface area contributed by atoms with Crippen LogP contribution in [0.5, 0.6) is 0 Å². The Bertz CT molecular complexity index is 979. The molecule has 6 nitrogen and oxygen atoms in total. The number of ether oxygens (including phenoxy) is 1. The molecule has 2 aromatic heterocycles. The lowest BCUT2D eigenvalue weighted by Crippen LogP contribution is -2.29. The number of rotatable bonds is 5. The Labute approximate surface area is 169 Å². The van der Waals surface area contributed by atoms with Crippen LogP contribution in [0.2, 0.25) is 10.0 Å². The highest BCUT2D eigenvalue weighted by molar-refractivity contribution is 7.14. The fraction of sp³-hybridized carbons (Fsp3) is 0.111. The molecule has 0 unspecified atom stereocenters. The number of carbonyl (C=O) groups is 2. The van der Waals surface area contributed by atoms with Crippen molar-refractivity contribution in [2.24, 2.45) is 0 Å². The first-order valence-corrected chi connectivity index (χ1v) is 9.40. The van der Waals surface area contributed by atoms with Gasteiger partial charge in [0.2, 0.25) is 0 Å². The van der Waals surface area contributed by atoms with Gasteiger partial charge in [-0.2, -0.15) is 0 Å². The van der Waals surface area contributed by atoms with E-state index in [1.54, 1.807) is 23.6 Å². The van der Waals surface area contributed by atoms with Crippen LogP contribution >= 0.6 is 34.5 Å². The lowest BCUT2D eigenvalue weighted by molar-refractivity contribution is -0.123. The van der Waals surface area contributed by atoms with E-state index < -0.39 is 18.0 Å². The van der Waals surface area contributed by atoms with E-state index in [1.807, 2.05) is 0 Å². The van der Waals surface area contributed by atoms with E-state index >= 15 is 0 Å². The van der Waals surface area contributed by atoms with Gasteiger partial charge in [-0.3, -0.25) is 15.1 Å². The highest BCUT2D eigenvalue weighted by atomic mass is 35.5. The van der Waals surface area contributed by atoms with E-state index in [-0.39, 0.29) is 0 Å². The van der Waals surface area contributed by atoms with Crippen LogP contribution in [0.4, 0.5) is 5.13 Å². The number of esters is 1. The van der Waals surface area contributed by atoms with Gasteiger partial charge in [0.1, 0.15) is 0 Å². The summed E-state index contributed by atoms with van der Waals surface area (Å²) in [6.07, 6.45) is 1.96. The molecule has 1 atom stereocenters. The van der Waals surface area contributed by atoms with Crippen LogP contribution in [0, 0.1) is 0 Å². The van der Waals surface area contributed by atoms with Gasteiger partial charge in [-0.05, 0) is 31.2 Å². The van der Waals surface area contributed by atoms with Crippen LogP contribution in [0.3, 0.4) is 0 Å². The van der Waals surface area contributed by atoms with Crippen molar-refractivity contribution < 1.29 is 14.3 Å². The molecule has 0 bridgehead atoms. The van der Waals surface area contributed by atoms with Gasteiger partial charge in [0.15, 0.2) is 11.2 Å². The summed E-state index contributed by atoms with van der Waals surface area (Å²) in [5.74, 6) is -1.08. The average Bonchev–Trinajstić information content (AvgIpc) is 3.13. The minimum absolute atomic E-state index is 0.320. The number of pyridine rings is 1. The number of nitrogens with zero attached hydrogens (tertiary/aromatic N) is 2. The van der Waals surface area contributed by atoms with E-state index in [0.29, 0.717) is 26.4 Å².